The molecule has 1 aliphatic carbocycles. The summed E-state index contributed by atoms with van der Waals surface area (Å²) in [5.74, 6) is -2.19. The van der Waals surface area contributed by atoms with Crippen LogP contribution in [0.25, 0.3) is 16.8 Å². The fourth-order valence-electron chi connectivity index (χ4n) is 3.65. The van der Waals surface area contributed by atoms with Crippen LogP contribution in [0.1, 0.15) is 28.8 Å². The Morgan fingerprint density at radius 3 is 2.08 bits per heavy atom. The number of carbonyl (C=O) groups is 1. The second-order valence-corrected chi connectivity index (χ2v) is 9.44. The van der Waals surface area contributed by atoms with Gasteiger partial charge >= 0.3 is 24.4 Å². The molecular formula is C23H13Cl2F10N3O2. The summed E-state index contributed by atoms with van der Waals surface area (Å²) < 4.78 is 138. The number of hydrogen-bond acceptors (Lipinski definition) is 3. The van der Waals surface area contributed by atoms with Gasteiger partial charge in [-0.15, -0.1) is 13.2 Å². The van der Waals surface area contributed by atoms with Crippen LogP contribution in [-0.2, 0) is 5.67 Å². The summed E-state index contributed by atoms with van der Waals surface area (Å²) in [6.07, 6.45) is -15.3. The van der Waals surface area contributed by atoms with Gasteiger partial charge in [0.15, 0.2) is 5.75 Å². The Bertz CT molecular complexity index is 1430. The minimum absolute atomic E-state index is 0.00936. The number of nitrogens with one attached hydrogen (secondary N) is 1. The Balaban J connectivity index is 1.81. The Labute approximate surface area is 227 Å². The summed E-state index contributed by atoms with van der Waals surface area (Å²) in [6, 6.07) is 3.57. The number of ether oxygens (including phenoxy) is 1. The number of hydrogen-bond donors (Lipinski definition) is 1. The molecule has 1 N–H and O–H groups in total. The Hall–Kier alpha value is -3.20. The molecule has 0 atom stereocenters. The smallest absolute Gasteiger partial charge is 0.403 e. The van der Waals surface area contributed by atoms with Crippen molar-refractivity contribution in [2.75, 3.05) is 0 Å². The lowest BCUT2D eigenvalue weighted by Crippen LogP contribution is -2.50. The number of amides is 1. The van der Waals surface area contributed by atoms with Crippen LogP contribution in [0.4, 0.5) is 43.9 Å². The predicted octanol–water partition coefficient (Wildman–Crippen LogP) is 7.93. The topological polar surface area (TPSA) is 56.2 Å². The maximum atomic E-state index is 14.6. The standard InChI is InChI=1S/C23H13Cl2F10N3O2/c24-15-4-1-10(5-14(15)19(39)37-13-2-3-13)11-8-36-38(9-11)18-16(25)6-12(7-17(18)40-23(33,34)35)20(26,21(27,28)29)22(30,31)32/h1,4-9,13H,2-3H2,(H,37,39). The normalized spacial score (nSPS) is 14.8. The number of nitrogens with zero attached hydrogens (tertiary/aromatic N) is 2. The third-order valence-electron chi connectivity index (χ3n) is 5.70. The molecule has 1 aliphatic rings. The molecule has 5 nitrogen and oxygen atoms in total. The van der Waals surface area contributed by atoms with Crippen molar-refractivity contribution in [2.45, 2.75) is 43.3 Å². The van der Waals surface area contributed by atoms with Gasteiger partial charge in [0.05, 0.1) is 21.8 Å². The van der Waals surface area contributed by atoms with Gasteiger partial charge in [0.2, 0.25) is 0 Å². The van der Waals surface area contributed by atoms with Gasteiger partial charge in [-0.05, 0) is 42.7 Å². The van der Waals surface area contributed by atoms with E-state index in [2.05, 4.69) is 15.2 Å². The number of aromatic nitrogens is 2. The van der Waals surface area contributed by atoms with Crippen LogP contribution in [0.15, 0.2) is 42.7 Å². The Morgan fingerprint density at radius 1 is 0.900 bits per heavy atom. The van der Waals surface area contributed by atoms with Gasteiger partial charge in [-0.25, -0.2) is 9.07 Å². The fraction of sp³-hybridized carbons (Fsp3) is 0.304. The highest BCUT2D eigenvalue weighted by Gasteiger charge is 2.73. The SMILES string of the molecule is O=C(NC1CC1)c1cc(-c2cnn(-c3c(Cl)cc(C(F)(C(F)(F)F)C(F)(F)F)cc3OC(F)(F)F)c2)ccc1Cl. The van der Waals surface area contributed by atoms with Gasteiger partial charge in [-0.3, -0.25) is 4.79 Å². The molecule has 1 heterocycles. The van der Waals surface area contributed by atoms with Crippen LogP contribution in [-0.4, -0.2) is 40.4 Å². The zero-order valence-electron chi connectivity index (χ0n) is 19.3. The first-order valence-electron chi connectivity index (χ1n) is 10.9. The van der Waals surface area contributed by atoms with E-state index in [0.717, 1.165) is 25.2 Å². The summed E-state index contributed by atoms with van der Waals surface area (Å²) in [7, 11) is 0. The van der Waals surface area contributed by atoms with E-state index in [0.29, 0.717) is 4.68 Å². The van der Waals surface area contributed by atoms with Gasteiger partial charge in [-0.1, -0.05) is 29.3 Å². The Kier molecular flexibility index (Phi) is 7.45. The van der Waals surface area contributed by atoms with Crippen molar-refractivity contribution in [1.29, 1.82) is 0 Å². The highest BCUT2D eigenvalue weighted by molar-refractivity contribution is 6.34. The van der Waals surface area contributed by atoms with Gasteiger partial charge in [0, 0.05) is 23.4 Å². The molecule has 1 amide bonds. The molecule has 0 unspecified atom stereocenters. The number of benzene rings is 2. The van der Waals surface area contributed by atoms with Gasteiger partial charge in [-0.2, -0.15) is 31.4 Å². The van der Waals surface area contributed by atoms with E-state index in [1.165, 1.54) is 18.2 Å². The lowest BCUT2D eigenvalue weighted by molar-refractivity contribution is -0.348. The largest absolute Gasteiger partial charge is 0.573 e. The van der Waals surface area contributed by atoms with Crippen molar-refractivity contribution in [3.05, 3.63) is 63.9 Å². The average molecular weight is 624 g/mol. The third kappa shape index (κ3) is 5.80. The summed E-state index contributed by atoms with van der Waals surface area (Å²) in [5.41, 5.74) is -8.87. The van der Waals surface area contributed by atoms with E-state index in [-0.39, 0.29) is 33.8 Å². The van der Waals surface area contributed by atoms with Gasteiger partial charge in [0.25, 0.3) is 5.91 Å². The highest BCUT2D eigenvalue weighted by Crippen LogP contribution is 2.55. The molecule has 17 heteroatoms. The molecule has 0 bridgehead atoms. The molecule has 2 aromatic carbocycles. The van der Waals surface area contributed by atoms with Crippen LogP contribution >= 0.6 is 23.2 Å². The second kappa shape index (κ2) is 10.0. The molecule has 216 valence electrons. The molecule has 40 heavy (non-hydrogen) atoms. The van der Waals surface area contributed by atoms with Crippen molar-refractivity contribution in [2.24, 2.45) is 0 Å². The molecule has 1 aromatic heterocycles. The number of rotatable bonds is 6. The van der Waals surface area contributed by atoms with Gasteiger partial charge < -0.3 is 10.1 Å². The summed E-state index contributed by atoms with van der Waals surface area (Å²) in [4.78, 5) is 12.5. The maximum Gasteiger partial charge on any atom is 0.573 e. The zero-order valence-corrected chi connectivity index (χ0v) is 20.8. The number of alkyl halides is 10. The van der Waals surface area contributed by atoms with Crippen molar-refractivity contribution in [3.8, 4) is 22.6 Å². The van der Waals surface area contributed by atoms with Crippen molar-refractivity contribution in [1.82, 2.24) is 15.1 Å². The zero-order chi connectivity index (χ0) is 29.8. The number of carbonyl (C=O) groups excluding carboxylic acids is 1. The monoisotopic (exact) mass is 623 g/mol. The van der Waals surface area contributed by atoms with Gasteiger partial charge in [0.1, 0.15) is 5.69 Å². The quantitative estimate of drug-likeness (QED) is 0.284. The molecule has 0 aliphatic heterocycles. The van der Waals surface area contributed by atoms with Crippen LogP contribution < -0.4 is 10.1 Å². The van der Waals surface area contributed by atoms with E-state index in [4.69, 9.17) is 23.2 Å². The van der Waals surface area contributed by atoms with Crippen molar-refractivity contribution < 1.29 is 53.4 Å². The van der Waals surface area contributed by atoms with Crippen LogP contribution in [0.3, 0.4) is 0 Å². The van der Waals surface area contributed by atoms with E-state index in [9.17, 15) is 48.7 Å². The number of halogens is 12. The molecular weight excluding hydrogens is 611 g/mol. The molecule has 0 saturated heterocycles. The molecule has 1 fully saturated rings. The van der Waals surface area contributed by atoms with E-state index in [1.807, 2.05) is 0 Å². The first kappa shape index (κ1) is 29.8. The summed E-state index contributed by atoms with van der Waals surface area (Å²) in [6.45, 7) is 0. The molecule has 3 aromatic rings. The molecule has 1 saturated carbocycles. The highest BCUT2D eigenvalue weighted by atomic mass is 35.5. The lowest BCUT2D eigenvalue weighted by atomic mass is 9.93. The summed E-state index contributed by atoms with van der Waals surface area (Å²) in [5, 5.41) is 5.40. The molecule has 0 radical (unpaired) electrons. The molecule has 0 spiro atoms. The van der Waals surface area contributed by atoms with Crippen molar-refractivity contribution in [3.63, 3.8) is 0 Å². The van der Waals surface area contributed by atoms with Crippen LogP contribution in [0.5, 0.6) is 5.75 Å². The maximum absolute atomic E-state index is 14.6. The average Bonchev–Trinajstić information content (AvgIpc) is 3.48. The predicted molar refractivity (Wildman–Crippen MR) is 121 cm³/mol. The van der Waals surface area contributed by atoms with Crippen LogP contribution in [0.2, 0.25) is 10.0 Å². The lowest BCUT2D eigenvalue weighted by Gasteiger charge is -2.31. The third-order valence-corrected chi connectivity index (χ3v) is 6.32. The fourth-order valence-corrected chi connectivity index (χ4v) is 4.15. The van der Waals surface area contributed by atoms with E-state index < -0.39 is 58.4 Å². The van der Waals surface area contributed by atoms with E-state index in [1.54, 1.807) is 0 Å². The summed E-state index contributed by atoms with van der Waals surface area (Å²) >= 11 is 11.9. The van der Waals surface area contributed by atoms with Crippen molar-refractivity contribution >= 4 is 29.1 Å². The minimum atomic E-state index is -6.62. The minimum Gasteiger partial charge on any atom is -0.403 e. The first-order valence-corrected chi connectivity index (χ1v) is 11.7. The second-order valence-electron chi connectivity index (χ2n) is 8.62. The Morgan fingerprint density at radius 2 is 1.52 bits per heavy atom. The first-order chi connectivity index (χ1) is 18.3. The van der Waals surface area contributed by atoms with Crippen LogP contribution in [0, 0.1) is 0 Å². The molecule has 4 rings (SSSR count). The van der Waals surface area contributed by atoms with E-state index >= 15 is 0 Å².